The van der Waals surface area contributed by atoms with Gasteiger partial charge >= 0.3 is 5.69 Å². The summed E-state index contributed by atoms with van der Waals surface area (Å²) in [6, 6.07) is 4.20. The van der Waals surface area contributed by atoms with Crippen molar-refractivity contribution in [3.05, 3.63) is 40.2 Å². The first-order chi connectivity index (χ1) is 9.52. The van der Waals surface area contributed by atoms with Crippen molar-refractivity contribution in [3.8, 4) is 5.82 Å². The van der Waals surface area contributed by atoms with E-state index in [9.17, 15) is 14.9 Å². The highest BCUT2D eigenvalue weighted by atomic mass is 16.6. The summed E-state index contributed by atoms with van der Waals surface area (Å²) in [5.41, 5.74) is 4.89. The van der Waals surface area contributed by atoms with Gasteiger partial charge in [0, 0.05) is 18.8 Å². The Morgan fingerprint density at radius 3 is 2.80 bits per heavy atom. The second-order valence-corrected chi connectivity index (χ2v) is 3.84. The molecule has 2 heterocycles. The lowest BCUT2D eigenvalue weighted by atomic mass is 10.3. The summed E-state index contributed by atoms with van der Waals surface area (Å²) in [6.45, 7) is 2.50. The fourth-order valence-electron chi connectivity index (χ4n) is 1.61. The summed E-state index contributed by atoms with van der Waals surface area (Å²) in [5.74, 6) is -0.223. The van der Waals surface area contributed by atoms with Crippen LogP contribution in [0.1, 0.15) is 17.4 Å². The Morgan fingerprint density at radius 2 is 2.25 bits per heavy atom. The van der Waals surface area contributed by atoms with Gasteiger partial charge in [0.2, 0.25) is 5.82 Å². The molecule has 0 aliphatic rings. The predicted molar refractivity (Wildman–Crippen MR) is 70.7 cm³/mol. The summed E-state index contributed by atoms with van der Waals surface area (Å²) in [7, 11) is 0. The lowest BCUT2D eigenvalue weighted by molar-refractivity contribution is -0.384. The number of amides is 1. The molecule has 20 heavy (non-hydrogen) atoms. The van der Waals surface area contributed by atoms with Crippen molar-refractivity contribution in [2.24, 2.45) is 5.73 Å². The molecule has 104 valence electrons. The minimum absolute atomic E-state index is 0.00921. The van der Waals surface area contributed by atoms with Crippen LogP contribution in [-0.4, -0.2) is 32.1 Å². The Bertz CT molecular complexity index is 666. The molecule has 0 aromatic carbocycles. The van der Waals surface area contributed by atoms with E-state index >= 15 is 0 Å². The SMILES string of the molecule is CCNc1ccc([N+](=O)[O-])c(-n2ccc(C(N)=O)n2)n1. The first-order valence-electron chi connectivity index (χ1n) is 5.78. The zero-order valence-electron chi connectivity index (χ0n) is 10.6. The zero-order valence-corrected chi connectivity index (χ0v) is 10.6. The van der Waals surface area contributed by atoms with Crippen molar-refractivity contribution in [1.29, 1.82) is 0 Å². The standard InChI is InChI=1S/C11H12N6O3/c1-2-13-9-4-3-8(17(19)20)11(14-9)16-6-5-7(15-16)10(12)18/h3-6H,2H2,1H3,(H2,12,18)(H,13,14). The van der Waals surface area contributed by atoms with Gasteiger partial charge in [0.25, 0.3) is 5.91 Å². The molecule has 1 amide bonds. The summed E-state index contributed by atoms with van der Waals surface area (Å²) in [5, 5.41) is 17.8. The number of nitrogens with two attached hydrogens (primary N) is 1. The number of hydrogen-bond donors (Lipinski definition) is 2. The van der Waals surface area contributed by atoms with E-state index in [1.54, 1.807) is 0 Å². The van der Waals surface area contributed by atoms with Gasteiger partial charge in [-0.15, -0.1) is 0 Å². The van der Waals surface area contributed by atoms with E-state index in [-0.39, 0.29) is 17.2 Å². The van der Waals surface area contributed by atoms with Crippen LogP contribution in [0.15, 0.2) is 24.4 Å². The van der Waals surface area contributed by atoms with E-state index < -0.39 is 10.8 Å². The Labute approximate surface area is 113 Å². The van der Waals surface area contributed by atoms with E-state index in [1.165, 1.54) is 24.4 Å². The van der Waals surface area contributed by atoms with E-state index in [0.29, 0.717) is 12.4 Å². The molecule has 0 aliphatic carbocycles. The van der Waals surface area contributed by atoms with Crippen LogP contribution in [0.25, 0.3) is 5.82 Å². The van der Waals surface area contributed by atoms with Crippen LogP contribution >= 0.6 is 0 Å². The molecule has 0 fully saturated rings. The van der Waals surface area contributed by atoms with Gasteiger partial charge in [-0.3, -0.25) is 14.9 Å². The van der Waals surface area contributed by atoms with Gasteiger partial charge in [-0.2, -0.15) is 5.10 Å². The highest BCUT2D eigenvalue weighted by Gasteiger charge is 2.19. The van der Waals surface area contributed by atoms with E-state index in [0.717, 1.165) is 4.68 Å². The maximum absolute atomic E-state index is 11.0. The number of hydrogen-bond acceptors (Lipinski definition) is 6. The van der Waals surface area contributed by atoms with Gasteiger partial charge in [-0.05, 0) is 19.1 Å². The summed E-state index contributed by atoms with van der Waals surface area (Å²) < 4.78 is 1.15. The molecule has 9 heteroatoms. The van der Waals surface area contributed by atoms with Crippen LogP contribution in [0.4, 0.5) is 11.5 Å². The fourth-order valence-corrected chi connectivity index (χ4v) is 1.61. The predicted octanol–water partition coefficient (Wildman–Crippen LogP) is 0.706. The molecule has 0 radical (unpaired) electrons. The third-order valence-corrected chi connectivity index (χ3v) is 2.47. The maximum atomic E-state index is 11.0. The van der Waals surface area contributed by atoms with Gasteiger partial charge < -0.3 is 11.1 Å². The molecule has 3 N–H and O–H groups in total. The van der Waals surface area contributed by atoms with Crippen molar-refractivity contribution in [2.45, 2.75) is 6.92 Å². The molecule has 2 rings (SSSR count). The number of aromatic nitrogens is 3. The molecular formula is C11H12N6O3. The van der Waals surface area contributed by atoms with Crippen molar-refractivity contribution < 1.29 is 9.72 Å². The van der Waals surface area contributed by atoms with Gasteiger partial charge in [0.1, 0.15) is 11.5 Å². The lowest BCUT2D eigenvalue weighted by Gasteiger charge is -2.06. The van der Waals surface area contributed by atoms with Crippen LogP contribution in [0, 0.1) is 10.1 Å². The molecule has 0 saturated carbocycles. The first kappa shape index (κ1) is 13.5. The van der Waals surface area contributed by atoms with E-state index in [1.807, 2.05) is 6.92 Å². The van der Waals surface area contributed by atoms with Gasteiger partial charge in [-0.25, -0.2) is 9.67 Å². The highest BCUT2D eigenvalue weighted by Crippen LogP contribution is 2.22. The van der Waals surface area contributed by atoms with Gasteiger partial charge in [-0.1, -0.05) is 0 Å². The molecule has 0 atom stereocenters. The summed E-state index contributed by atoms with van der Waals surface area (Å²) in [4.78, 5) is 25.6. The Balaban J connectivity index is 2.53. The molecular weight excluding hydrogens is 264 g/mol. The quantitative estimate of drug-likeness (QED) is 0.611. The van der Waals surface area contributed by atoms with Crippen molar-refractivity contribution in [2.75, 3.05) is 11.9 Å². The molecule has 2 aromatic heterocycles. The zero-order chi connectivity index (χ0) is 14.7. The lowest BCUT2D eigenvalue weighted by Crippen LogP contribution is -2.13. The number of primary amides is 1. The van der Waals surface area contributed by atoms with Crippen LogP contribution < -0.4 is 11.1 Å². The number of carbonyl (C=O) groups excluding carboxylic acids is 1. The maximum Gasteiger partial charge on any atom is 0.313 e. The topological polar surface area (TPSA) is 129 Å². The third kappa shape index (κ3) is 2.55. The van der Waals surface area contributed by atoms with Crippen LogP contribution in [0.2, 0.25) is 0 Å². The average Bonchev–Trinajstić information content (AvgIpc) is 2.88. The molecule has 0 spiro atoms. The summed E-state index contributed by atoms with van der Waals surface area (Å²) >= 11 is 0. The van der Waals surface area contributed by atoms with Crippen molar-refractivity contribution in [3.63, 3.8) is 0 Å². The second-order valence-electron chi connectivity index (χ2n) is 3.84. The van der Waals surface area contributed by atoms with Crippen molar-refractivity contribution in [1.82, 2.24) is 14.8 Å². The molecule has 0 bridgehead atoms. The number of pyridine rings is 1. The van der Waals surface area contributed by atoms with Crippen LogP contribution in [0.5, 0.6) is 0 Å². The number of nitrogens with one attached hydrogen (secondary N) is 1. The van der Waals surface area contributed by atoms with Crippen molar-refractivity contribution >= 4 is 17.4 Å². The molecule has 2 aromatic rings. The molecule has 9 nitrogen and oxygen atoms in total. The van der Waals surface area contributed by atoms with E-state index in [2.05, 4.69) is 15.4 Å². The Kier molecular flexibility index (Phi) is 3.60. The Morgan fingerprint density at radius 1 is 1.50 bits per heavy atom. The molecule has 0 saturated heterocycles. The summed E-state index contributed by atoms with van der Waals surface area (Å²) in [6.07, 6.45) is 1.39. The number of anilines is 1. The Hall–Kier alpha value is -2.97. The van der Waals surface area contributed by atoms with Crippen LogP contribution in [-0.2, 0) is 0 Å². The number of carbonyl (C=O) groups is 1. The van der Waals surface area contributed by atoms with Gasteiger partial charge in [0.15, 0.2) is 0 Å². The molecule has 0 aliphatic heterocycles. The molecule has 0 unspecified atom stereocenters. The third-order valence-electron chi connectivity index (χ3n) is 2.47. The normalized spacial score (nSPS) is 10.2. The first-order valence-corrected chi connectivity index (χ1v) is 5.78. The second kappa shape index (κ2) is 5.34. The van der Waals surface area contributed by atoms with Crippen LogP contribution in [0.3, 0.4) is 0 Å². The number of nitrogens with zero attached hydrogens (tertiary/aromatic N) is 4. The minimum atomic E-state index is -0.714. The monoisotopic (exact) mass is 276 g/mol. The number of rotatable bonds is 5. The number of nitro groups is 1. The fraction of sp³-hybridized carbons (Fsp3) is 0.182. The largest absolute Gasteiger partial charge is 0.370 e. The van der Waals surface area contributed by atoms with Gasteiger partial charge in [0.05, 0.1) is 4.92 Å². The minimum Gasteiger partial charge on any atom is -0.370 e. The van der Waals surface area contributed by atoms with E-state index in [4.69, 9.17) is 5.73 Å². The smallest absolute Gasteiger partial charge is 0.313 e. The average molecular weight is 276 g/mol. The highest BCUT2D eigenvalue weighted by molar-refractivity contribution is 5.90.